The predicted octanol–water partition coefficient (Wildman–Crippen LogP) is 3.39. The van der Waals surface area contributed by atoms with Gasteiger partial charge in [-0.15, -0.1) is 0 Å². The van der Waals surface area contributed by atoms with Crippen LogP contribution < -0.4 is 9.62 Å². The molecular weight excluding hydrogens is 392 g/mol. The summed E-state index contributed by atoms with van der Waals surface area (Å²) >= 11 is 0. The van der Waals surface area contributed by atoms with Crippen molar-refractivity contribution in [3.05, 3.63) is 59.7 Å². The van der Waals surface area contributed by atoms with Gasteiger partial charge in [0.15, 0.2) is 0 Å². The van der Waals surface area contributed by atoms with Crippen LogP contribution >= 0.6 is 0 Å². The summed E-state index contributed by atoms with van der Waals surface area (Å²) in [4.78, 5) is 24.1. The minimum Gasteiger partial charge on any atom is -0.462 e. The predicted molar refractivity (Wildman–Crippen MR) is 114 cm³/mol. The molecule has 0 aliphatic rings. The smallest absolute Gasteiger partial charge is 0.338 e. The van der Waals surface area contributed by atoms with Crippen LogP contribution in [0.25, 0.3) is 0 Å². The second kappa shape index (κ2) is 9.56. The van der Waals surface area contributed by atoms with Crippen molar-refractivity contribution in [2.45, 2.75) is 26.7 Å². The molecule has 8 heteroatoms. The van der Waals surface area contributed by atoms with Gasteiger partial charge in [0, 0.05) is 5.69 Å². The van der Waals surface area contributed by atoms with Gasteiger partial charge in [-0.3, -0.25) is 9.10 Å². The molecule has 0 aromatic heterocycles. The van der Waals surface area contributed by atoms with Gasteiger partial charge in [-0.05, 0) is 54.8 Å². The molecule has 29 heavy (non-hydrogen) atoms. The average Bonchev–Trinajstić information content (AvgIpc) is 2.66. The van der Waals surface area contributed by atoms with Crippen molar-refractivity contribution in [3.63, 3.8) is 0 Å². The van der Waals surface area contributed by atoms with Gasteiger partial charge in [-0.2, -0.15) is 0 Å². The van der Waals surface area contributed by atoms with Crippen LogP contribution in [-0.4, -0.2) is 39.7 Å². The fourth-order valence-electron chi connectivity index (χ4n) is 2.66. The van der Waals surface area contributed by atoms with Gasteiger partial charge >= 0.3 is 5.97 Å². The molecule has 0 bridgehead atoms. The van der Waals surface area contributed by atoms with E-state index >= 15 is 0 Å². The van der Waals surface area contributed by atoms with Gasteiger partial charge in [0.25, 0.3) is 0 Å². The zero-order valence-electron chi connectivity index (χ0n) is 17.0. The number of nitrogens with zero attached hydrogens (tertiary/aromatic N) is 1. The Kier molecular flexibility index (Phi) is 7.39. The normalized spacial score (nSPS) is 11.2. The molecule has 0 aliphatic heterocycles. The van der Waals surface area contributed by atoms with Crippen molar-refractivity contribution < 1.29 is 22.7 Å². The number of amides is 1. The van der Waals surface area contributed by atoms with E-state index in [9.17, 15) is 18.0 Å². The fraction of sp³-hybridized carbons (Fsp3) is 0.333. The lowest BCUT2D eigenvalue weighted by atomic mass is 10.0. The van der Waals surface area contributed by atoms with E-state index < -0.39 is 21.9 Å². The maximum Gasteiger partial charge on any atom is 0.338 e. The molecule has 0 saturated heterocycles. The second-order valence-corrected chi connectivity index (χ2v) is 8.77. The zero-order valence-corrected chi connectivity index (χ0v) is 17.8. The summed E-state index contributed by atoms with van der Waals surface area (Å²) in [6.07, 6.45) is 1.06. The number of carbonyl (C=O) groups is 2. The first-order valence-corrected chi connectivity index (χ1v) is 11.1. The minimum atomic E-state index is -3.65. The molecule has 2 aromatic carbocycles. The summed E-state index contributed by atoms with van der Waals surface area (Å²) in [5, 5.41) is 2.64. The van der Waals surface area contributed by atoms with Crippen LogP contribution in [0.4, 0.5) is 11.4 Å². The standard InChI is InChI=1S/C21H26N2O5S/c1-5-28-21(25)17-6-10-18(11-7-17)22-20(24)14-23(29(4,26)27)19-12-8-16(9-13-19)15(2)3/h6-13,15H,5,14H2,1-4H3,(H,22,24). The van der Waals surface area contributed by atoms with Gasteiger partial charge in [0.05, 0.1) is 24.1 Å². The molecule has 0 unspecified atom stereocenters. The minimum absolute atomic E-state index is 0.275. The number of hydrogen-bond donors (Lipinski definition) is 1. The van der Waals surface area contributed by atoms with Crippen LogP contribution in [0.15, 0.2) is 48.5 Å². The first kappa shape index (κ1) is 22.4. The first-order chi connectivity index (χ1) is 13.6. The number of nitrogens with one attached hydrogen (secondary N) is 1. The maximum absolute atomic E-state index is 12.4. The van der Waals surface area contributed by atoms with Gasteiger partial charge < -0.3 is 10.1 Å². The van der Waals surface area contributed by atoms with Crippen molar-refractivity contribution in [1.29, 1.82) is 0 Å². The van der Waals surface area contributed by atoms with Crippen LogP contribution in [-0.2, 0) is 19.6 Å². The van der Waals surface area contributed by atoms with Crippen LogP contribution in [0.2, 0.25) is 0 Å². The molecule has 2 aromatic rings. The Labute approximate surface area is 171 Å². The van der Waals surface area contributed by atoms with Gasteiger partial charge in [-0.25, -0.2) is 13.2 Å². The van der Waals surface area contributed by atoms with E-state index in [1.807, 2.05) is 26.0 Å². The number of benzene rings is 2. The molecule has 0 atom stereocenters. The van der Waals surface area contributed by atoms with Crippen molar-refractivity contribution in [1.82, 2.24) is 0 Å². The van der Waals surface area contributed by atoms with E-state index in [1.165, 1.54) is 12.1 Å². The van der Waals surface area contributed by atoms with Crippen molar-refractivity contribution in [2.75, 3.05) is 29.0 Å². The SMILES string of the molecule is CCOC(=O)c1ccc(NC(=O)CN(c2ccc(C(C)C)cc2)S(C)(=O)=O)cc1. The molecule has 7 nitrogen and oxygen atoms in total. The lowest BCUT2D eigenvalue weighted by Crippen LogP contribution is -2.37. The number of hydrogen-bond acceptors (Lipinski definition) is 5. The maximum atomic E-state index is 12.4. The number of rotatable bonds is 8. The zero-order chi connectivity index (χ0) is 21.6. The summed E-state index contributed by atoms with van der Waals surface area (Å²) in [5.41, 5.74) is 2.32. The Morgan fingerprint density at radius 1 is 1.03 bits per heavy atom. The van der Waals surface area contributed by atoms with E-state index in [2.05, 4.69) is 5.32 Å². The van der Waals surface area contributed by atoms with Crippen LogP contribution in [0.1, 0.15) is 42.6 Å². The van der Waals surface area contributed by atoms with Crippen molar-refractivity contribution >= 4 is 33.3 Å². The summed E-state index contributed by atoms with van der Waals surface area (Å²) in [6.45, 7) is 5.72. The lowest BCUT2D eigenvalue weighted by Gasteiger charge is -2.22. The van der Waals surface area contributed by atoms with Gasteiger partial charge in [0.2, 0.25) is 15.9 Å². The highest BCUT2D eigenvalue weighted by Gasteiger charge is 2.21. The topological polar surface area (TPSA) is 92.8 Å². The van der Waals surface area contributed by atoms with Crippen molar-refractivity contribution in [2.24, 2.45) is 0 Å². The number of esters is 1. The Morgan fingerprint density at radius 2 is 1.62 bits per heavy atom. The summed E-state index contributed by atoms with van der Waals surface area (Å²) in [6, 6.07) is 13.3. The van der Waals surface area contributed by atoms with Crippen LogP contribution in [0, 0.1) is 0 Å². The molecule has 0 heterocycles. The van der Waals surface area contributed by atoms with E-state index in [4.69, 9.17) is 4.74 Å². The molecule has 0 spiro atoms. The Balaban J connectivity index is 2.11. The first-order valence-electron chi connectivity index (χ1n) is 9.26. The third-order valence-corrected chi connectivity index (χ3v) is 5.36. The Bertz CT molecular complexity index is 952. The third kappa shape index (κ3) is 6.32. The Morgan fingerprint density at radius 3 is 2.10 bits per heavy atom. The highest BCUT2D eigenvalue weighted by atomic mass is 32.2. The highest BCUT2D eigenvalue weighted by molar-refractivity contribution is 7.92. The molecule has 2 rings (SSSR count). The lowest BCUT2D eigenvalue weighted by molar-refractivity contribution is -0.114. The summed E-state index contributed by atoms with van der Waals surface area (Å²) in [5.74, 6) is -0.623. The number of sulfonamides is 1. The molecular formula is C21H26N2O5S. The summed E-state index contributed by atoms with van der Waals surface area (Å²) < 4.78 is 30.4. The quantitative estimate of drug-likeness (QED) is 0.664. The average molecular weight is 419 g/mol. The van der Waals surface area contributed by atoms with Crippen molar-refractivity contribution in [3.8, 4) is 0 Å². The summed E-state index contributed by atoms with van der Waals surface area (Å²) in [7, 11) is -3.65. The highest BCUT2D eigenvalue weighted by Crippen LogP contribution is 2.22. The Hall–Kier alpha value is -2.87. The molecule has 156 valence electrons. The molecule has 0 radical (unpaired) electrons. The van der Waals surface area contributed by atoms with E-state index in [1.54, 1.807) is 31.2 Å². The molecule has 1 N–H and O–H groups in total. The molecule has 0 aliphatic carbocycles. The largest absolute Gasteiger partial charge is 0.462 e. The molecule has 0 saturated carbocycles. The number of carbonyl (C=O) groups excluding carboxylic acids is 2. The number of anilines is 2. The molecule has 1 amide bonds. The van der Waals surface area contributed by atoms with Gasteiger partial charge in [0.1, 0.15) is 6.54 Å². The fourth-order valence-corrected chi connectivity index (χ4v) is 3.52. The molecule has 0 fully saturated rings. The van der Waals surface area contributed by atoms with E-state index in [0.717, 1.165) is 16.1 Å². The second-order valence-electron chi connectivity index (χ2n) is 6.86. The van der Waals surface area contributed by atoms with E-state index in [-0.39, 0.29) is 13.2 Å². The van der Waals surface area contributed by atoms with E-state index in [0.29, 0.717) is 22.9 Å². The van der Waals surface area contributed by atoms with Crippen LogP contribution in [0.5, 0.6) is 0 Å². The third-order valence-electron chi connectivity index (χ3n) is 4.22. The van der Waals surface area contributed by atoms with Crippen LogP contribution in [0.3, 0.4) is 0 Å². The number of ether oxygens (including phenoxy) is 1. The monoisotopic (exact) mass is 418 g/mol. The van der Waals surface area contributed by atoms with Gasteiger partial charge in [-0.1, -0.05) is 26.0 Å².